The van der Waals surface area contributed by atoms with Crippen LogP contribution in [0.4, 0.5) is 5.69 Å². The van der Waals surface area contributed by atoms with Crippen molar-refractivity contribution in [1.29, 1.82) is 0 Å². The first kappa shape index (κ1) is 11.2. The van der Waals surface area contributed by atoms with Crippen molar-refractivity contribution in [2.45, 2.75) is 13.0 Å². The average Bonchev–Trinajstić information content (AvgIpc) is 2.33. The molecule has 2 aromatic rings. The van der Waals surface area contributed by atoms with E-state index in [1.165, 1.54) is 0 Å². The van der Waals surface area contributed by atoms with Crippen molar-refractivity contribution in [2.24, 2.45) is 5.73 Å². The molecule has 0 saturated heterocycles. The zero-order valence-corrected chi connectivity index (χ0v) is 9.38. The van der Waals surface area contributed by atoms with Crippen LogP contribution in [0.25, 0.3) is 10.9 Å². The number of nitrogen functional groups attached to an aromatic ring is 1. The maximum Gasteiger partial charge on any atom is 0.258 e. The largest absolute Gasteiger partial charge is 0.480 e. The third kappa shape index (κ3) is 2.13. The molecule has 0 saturated carbocycles. The Morgan fingerprint density at radius 3 is 2.88 bits per heavy atom. The molecule has 1 unspecified atom stereocenters. The van der Waals surface area contributed by atoms with Crippen LogP contribution in [0.15, 0.2) is 30.5 Å². The standard InChI is InChI=1S/C12H13N3O2/c1-7(12(14)16)17-10-5-4-9(13)11-8(10)3-2-6-15-11/h2-7H,13H2,1H3,(H2,14,16). The molecule has 1 heterocycles. The molecule has 5 nitrogen and oxygen atoms in total. The number of amides is 1. The molecule has 1 atom stereocenters. The van der Waals surface area contributed by atoms with Gasteiger partial charge in [0.15, 0.2) is 6.10 Å². The van der Waals surface area contributed by atoms with Gasteiger partial charge in [0.05, 0.1) is 11.2 Å². The molecule has 0 aliphatic heterocycles. The van der Waals surface area contributed by atoms with Gasteiger partial charge in [-0.2, -0.15) is 0 Å². The monoisotopic (exact) mass is 231 g/mol. The molecule has 1 aromatic carbocycles. The molecule has 17 heavy (non-hydrogen) atoms. The van der Waals surface area contributed by atoms with E-state index in [4.69, 9.17) is 16.2 Å². The topological polar surface area (TPSA) is 91.2 Å². The molecule has 88 valence electrons. The highest BCUT2D eigenvalue weighted by atomic mass is 16.5. The SMILES string of the molecule is CC(Oc1ccc(N)c2ncccc12)C(N)=O. The van der Waals surface area contributed by atoms with Crippen LogP contribution in [0, 0.1) is 0 Å². The summed E-state index contributed by atoms with van der Waals surface area (Å²) in [6.45, 7) is 1.60. The Hall–Kier alpha value is -2.30. The number of hydrogen-bond donors (Lipinski definition) is 2. The van der Waals surface area contributed by atoms with Gasteiger partial charge in [0.25, 0.3) is 5.91 Å². The highest BCUT2D eigenvalue weighted by molar-refractivity contribution is 5.94. The summed E-state index contributed by atoms with van der Waals surface area (Å²) in [5.74, 6) is 0.0347. The number of ether oxygens (including phenoxy) is 1. The third-order valence-corrected chi connectivity index (χ3v) is 2.47. The number of aromatic nitrogens is 1. The van der Waals surface area contributed by atoms with Gasteiger partial charge in [-0.15, -0.1) is 0 Å². The van der Waals surface area contributed by atoms with E-state index in [9.17, 15) is 4.79 Å². The van der Waals surface area contributed by atoms with Gasteiger partial charge in [-0.3, -0.25) is 9.78 Å². The maximum atomic E-state index is 11.0. The van der Waals surface area contributed by atoms with Gasteiger partial charge >= 0.3 is 0 Å². The predicted octanol–water partition coefficient (Wildman–Crippen LogP) is 1.07. The van der Waals surface area contributed by atoms with Gasteiger partial charge < -0.3 is 16.2 Å². The van der Waals surface area contributed by atoms with E-state index in [-0.39, 0.29) is 0 Å². The molecule has 0 bridgehead atoms. The van der Waals surface area contributed by atoms with Crippen LogP contribution in [-0.4, -0.2) is 17.0 Å². The number of benzene rings is 1. The van der Waals surface area contributed by atoms with Crippen molar-refractivity contribution in [3.63, 3.8) is 0 Å². The van der Waals surface area contributed by atoms with Gasteiger partial charge in [0.2, 0.25) is 0 Å². The Labute approximate surface area is 98.4 Å². The van der Waals surface area contributed by atoms with E-state index in [1.807, 2.05) is 6.07 Å². The summed E-state index contributed by atoms with van der Waals surface area (Å²) in [5.41, 5.74) is 12.2. The minimum Gasteiger partial charge on any atom is -0.480 e. The van der Waals surface area contributed by atoms with Crippen molar-refractivity contribution in [1.82, 2.24) is 4.98 Å². The number of fused-ring (bicyclic) bond motifs is 1. The van der Waals surface area contributed by atoms with Crippen LogP contribution in [0.2, 0.25) is 0 Å². The van der Waals surface area contributed by atoms with Gasteiger partial charge in [0.1, 0.15) is 5.75 Å². The fourth-order valence-electron chi connectivity index (χ4n) is 1.52. The summed E-state index contributed by atoms with van der Waals surface area (Å²) in [4.78, 5) is 15.1. The number of carbonyl (C=O) groups excluding carboxylic acids is 1. The van der Waals surface area contributed by atoms with E-state index in [0.29, 0.717) is 17.0 Å². The quantitative estimate of drug-likeness (QED) is 0.773. The number of nitrogens with two attached hydrogens (primary N) is 2. The fraction of sp³-hybridized carbons (Fsp3) is 0.167. The van der Waals surface area contributed by atoms with Gasteiger partial charge in [-0.1, -0.05) is 0 Å². The Morgan fingerprint density at radius 2 is 2.18 bits per heavy atom. The lowest BCUT2D eigenvalue weighted by Crippen LogP contribution is -2.30. The first-order valence-electron chi connectivity index (χ1n) is 5.19. The predicted molar refractivity (Wildman–Crippen MR) is 65.4 cm³/mol. The second-order valence-corrected chi connectivity index (χ2v) is 3.71. The molecule has 1 aromatic heterocycles. The Morgan fingerprint density at radius 1 is 1.41 bits per heavy atom. The molecular weight excluding hydrogens is 218 g/mol. The van der Waals surface area contributed by atoms with E-state index in [2.05, 4.69) is 4.98 Å². The number of pyridine rings is 1. The number of primary amides is 1. The number of hydrogen-bond acceptors (Lipinski definition) is 4. The van der Waals surface area contributed by atoms with Crippen molar-refractivity contribution in [2.75, 3.05) is 5.73 Å². The summed E-state index contributed by atoms with van der Waals surface area (Å²) < 4.78 is 5.47. The van der Waals surface area contributed by atoms with Gasteiger partial charge in [0, 0.05) is 11.6 Å². The van der Waals surface area contributed by atoms with Crippen LogP contribution >= 0.6 is 0 Å². The lowest BCUT2D eigenvalue weighted by molar-refractivity contribution is -0.123. The van der Waals surface area contributed by atoms with Gasteiger partial charge in [-0.25, -0.2) is 0 Å². The smallest absolute Gasteiger partial charge is 0.258 e. The highest BCUT2D eigenvalue weighted by Gasteiger charge is 2.13. The lowest BCUT2D eigenvalue weighted by atomic mass is 10.1. The summed E-state index contributed by atoms with van der Waals surface area (Å²) >= 11 is 0. The fourth-order valence-corrected chi connectivity index (χ4v) is 1.52. The van der Waals surface area contributed by atoms with Crippen molar-refractivity contribution >= 4 is 22.5 Å². The lowest BCUT2D eigenvalue weighted by Gasteiger charge is -2.13. The maximum absolute atomic E-state index is 11.0. The summed E-state index contributed by atoms with van der Waals surface area (Å²) in [6.07, 6.45) is 0.960. The Bertz CT molecular complexity index is 569. The van der Waals surface area contributed by atoms with Crippen LogP contribution in [0.1, 0.15) is 6.92 Å². The van der Waals surface area contributed by atoms with E-state index in [0.717, 1.165) is 5.39 Å². The number of rotatable bonds is 3. The van der Waals surface area contributed by atoms with E-state index in [1.54, 1.807) is 31.3 Å². The molecule has 2 rings (SSSR count). The molecule has 4 N–H and O–H groups in total. The van der Waals surface area contributed by atoms with Crippen LogP contribution in [-0.2, 0) is 4.79 Å². The third-order valence-electron chi connectivity index (χ3n) is 2.47. The molecule has 0 spiro atoms. The molecule has 0 aliphatic rings. The first-order valence-corrected chi connectivity index (χ1v) is 5.19. The second kappa shape index (κ2) is 4.29. The second-order valence-electron chi connectivity index (χ2n) is 3.71. The summed E-state index contributed by atoms with van der Waals surface area (Å²) in [5, 5.41) is 0.764. The van der Waals surface area contributed by atoms with Crippen molar-refractivity contribution in [3.05, 3.63) is 30.5 Å². The minimum absolute atomic E-state index is 0.515. The molecule has 1 amide bonds. The van der Waals surface area contributed by atoms with Crippen LogP contribution in [0.3, 0.4) is 0 Å². The van der Waals surface area contributed by atoms with Crippen molar-refractivity contribution < 1.29 is 9.53 Å². The molecule has 5 heteroatoms. The van der Waals surface area contributed by atoms with E-state index >= 15 is 0 Å². The first-order chi connectivity index (χ1) is 8.09. The number of carbonyl (C=O) groups is 1. The van der Waals surface area contributed by atoms with Crippen LogP contribution in [0.5, 0.6) is 5.75 Å². The zero-order chi connectivity index (χ0) is 12.4. The normalized spacial score (nSPS) is 12.3. The molecular formula is C12H13N3O2. The Kier molecular flexibility index (Phi) is 2.82. The Balaban J connectivity index is 2.48. The molecule has 0 fully saturated rings. The van der Waals surface area contributed by atoms with E-state index < -0.39 is 12.0 Å². The number of anilines is 1. The average molecular weight is 231 g/mol. The highest BCUT2D eigenvalue weighted by Crippen LogP contribution is 2.28. The molecule has 0 radical (unpaired) electrons. The van der Waals surface area contributed by atoms with Gasteiger partial charge in [-0.05, 0) is 31.2 Å². The molecule has 0 aliphatic carbocycles. The van der Waals surface area contributed by atoms with Crippen LogP contribution < -0.4 is 16.2 Å². The van der Waals surface area contributed by atoms with Crippen molar-refractivity contribution in [3.8, 4) is 5.75 Å². The number of nitrogens with zero attached hydrogens (tertiary/aromatic N) is 1. The summed E-state index contributed by atoms with van der Waals surface area (Å²) in [7, 11) is 0. The summed E-state index contributed by atoms with van der Waals surface area (Å²) in [6, 6.07) is 7.02. The minimum atomic E-state index is -0.693. The zero-order valence-electron chi connectivity index (χ0n) is 9.38.